The number of nitrogens with zero attached hydrogens (tertiary/aromatic N) is 1. The second kappa shape index (κ2) is 4.15. The summed E-state index contributed by atoms with van der Waals surface area (Å²) in [5.41, 5.74) is 3.08. The molecule has 0 fully saturated rings. The molecule has 0 spiro atoms. The molecule has 0 bridgehead atoms. The first-order chi connectivity index (χ1) is 7.20. The number of halogens is 1. The molecule has 0 radical (unpaired) electrons. The van der Waals surface area contributed by atoms with Crippen LogP contribution in [0.1, 0.15) is 19.0 Å². The van der Waals surface area contributed by atoms with E-state index in [0.717, 1.165) is 33.1 Å². The van der Waals surface area contributed by atoms with E-state index in [0.29, 0.717) is 0 Å². The van der Waals surface area contributed by atoms with Gasteiger partial charge in [0, 0.05) is 9.86 Å². The average molecular weight is 262 g/mol. The Morgan fingerprint density at radius 3 is 2.80 bits per heavy atom. The van der Waals surface area contributed by atoms with E-state index in [9.17, 15) is 0 Å². The summed E-state index contributed by atoms with van der Waals surface area (Å²) in [4.78, 5) is 4.58. The van der Waals surface area contributed by atoms with Gasteiger partial charge in [0.2, 0.25) is 0 Å². The molecule has 15 heavy (non-hydrogen) atoms. The molecule has 0 aliphatic rings. The quantitative estimate of drug-likeness (QED) is 0.780. The van der Waals surface area contributed by atoms with Crippen LogP contribution in [-0.2, 0) is 0 Å². The first-order valence-corrected chi connectivity index (χ1v) is 5.74. The van der Waals surface area contributed by atoms with Gasteiger partial charge in [0.1, 0.15) is 0 Å². The van der Waals surface area contributed by atoms with E-state index >= 15 is 0 Å². The van der Waals surface area contributed by atoms with Crippen molar-refractivity contribution in [3.63, 3.8) is 0 Å². The van der Waals surface area contributed by atoms with Crippen LogP contribution in [0.4, 0.5) is 0 Å². The lowest BCUT2D eigenvalue weighted by molar-refractivity contribution is 1.20. The van der Waals surface area contributed by atoms with Crippen molar-refractivity contribution in [1.82, 2.24) is 4.98 Å². The number of pyridine rings is 1. The van der Waals surface area contributed by atoms with Crippen molar-refractivity contribution >= 4 is 32.4 Å². The predicted octanol–water partition coefficient (Wildman–Crippen LogP) is 4.42. The number of hydrogen-bond acceptors (Lipinski definition) is 1. The van der Waals surface area contributed by atoms with E-state index in [1.807, 2.05) is 18.2 Å². The number of benzene rings is 1. The highest BCUT2D eigenvalue weighted by molar-refractivity contribution is 9.10. The van der Waals surface area contributed by atoms with Gasteiger partial charge in [-0.3, -0.25) is 0 Å². The maximum Gasteiger partial charge on any atom is 0.0720 e. The van der Waals surface area contributed by atoms with Crippen molar-refractivity contribution in [3.05, 3.63) is 47.1 Å². The van der Waals surface area contributed by atoms with Gasteiger partial charge in [0.15, 0.2) is 0 Å². The Morgan fingerprint density at radius 1 is 1.33 bits per heavy atom. The van der Waals surface area contributed by atoms with E-state index in [-0.39, 0.29) is 0 Å². The maximum absolute atomic E-state index is 4.58. The molecule has 0 unspecified atom stereocenters. The van der Waals surface area contributed by atoms with Crippen molar-refractivity contribution < 1.29 is 0 Å². The molecule has 0 aliphatic heterocycles. The summed E-state index contributed by atoms with van der Waals surface area (Å²) < 4.78 is 1.06. The lowest BCUT2D eigenvalue weighted by Crippen LogP contribution is -1.88. The van der Waals surface area contributed by atoms with E-state index in [2.05, 4.69) is 46.5 Å². The first kappa shape index (κ1) is 10.4. The SMILES string of the molecule is C=C(CC)c1ccc2ccc(Br)cc2n1. The van der Waals surface area contributed by atoms with Crippen LogP contribution in [0.25, 0.3) is 16.5 Å². The van der Waals surface area contributed by atoms with Crippen molar-refractivity contribution in [2.75, 3.05) is 0 Å². The Bertz CT molecular complexity index is 517. The fourth-order valence-corrected chi connectivity index (χ4v) is 1.82. The third kappa shape index (κ3) is 2.10. The molecule has 0 saturated heterocycles. The van der Waals surface area contributed by atoms with Gasteiger partial charge < -0.3 is 0 Å². The number of fused-ring (bicyclic) bond motifs is 1. The van der Waals surface area contributed by atoms with Gasteiger partial charge in [-0.15, -0.1) is 0 Å². The highest BCUT2D eigenvalue weighted by Gasteiger charge is 2.01. The monoisotopic (exact) mass is 261 g/mol. The number of allylic oxidation sites excluding steroid dienone is 1. The third-order valence-corrected chi connectivity index (χ3v) is 2.94. The normalized spacial score (nSPS) is 10.5. The topological polar surface area (TPSA) is 12.9 Å². The zero-order chi connectivity index (χ0) is 10.8. The van der Waals surface area contributed by atoms with Crippen LogP contribution in [0.3, 0.4) is 0 Å². The van der Waals surface area contributed by atoms with E-state index < -0.39 is 0 Å². The molecule has 1 heterocycles. The molecule has 0 amide bonds. The zero-order valence-corrected chi connectivity index (χ0v) is 10.2. The highest BCUT2D eigenvalue weighted by atomic mass is 79.9. The minimum atomic E-state index is 0.937. The van der Waals surface area contributed by atoms with Crippen molar-refractivity contribution in [2.24, 2.45) is 0 Å². The summed E-state index contributed by atoms with van der Waals surface area (Å²) in [7, 11) is 0. The van der Waals surface area contributed by atoms with Gasteiger partial charge >= 0.3 is 0 Å². The van der Waals surface area contributed by atoms with Crippen LogP contribution >= 0.6 is 15.9 Å². The van der Waals surface area contributed by atoms with Crippen LogP contribution in [0.2, 0.25) is 0 Å². The van der Waals surface area contributed by atoms with Crippen LogP contribution in [0, 0.1) is 0 Å². The van der Waals surface area contributed by atoms with Crippen LogP contribution in [-0.4, -0.2) is 4.98 Å². The molecule has 76 valence electrons. The van der Waals surface area contributed by atoms with E-state index in [4.69, 9.17) is 0 Å². The summed E-state index contributed by atoms with van der Waals surface area (Å²) in [5, 5.41) is 1.16. The van der Waals surface area contributed by atoms with E-state index in [1.54, 1.807) is 0 Å². The number of hydrogen-bond donors (Lipinski definition) is 0. The molecule has 0 saturated carbocycles. The van der Waals surface area contributed by atoms with Crippen LogP contribution in [0.15, 0.2) is 41.4 Å². The Kier molecular flexibility index (Phi) is 2.87. The lowest BCUT2D eigenvalue weighted by atomic mass is 10.1. The average Bonchev–Trinajstić information content (AvgIpc) is 2.27. The second-order valence-corrected chi connectivity index (χ2v) is 4.41. The molecular formula is C13H12BrN. The molecular weight excluding hydrogens is 250 g/mol. The van der Waals surface area contributed by atoms with Gasteiger partial charge in [-0.2, -0.15) is 0 Å². The van der Waals surface area contributed by atoms with Gasteiger partial charge in [-0.05, 0) is 30.2 Å². The third-order valence-electron chi connectivity index (χ3n) is 2.44. The van der Waals surface area contributed by atoms with Gasteiger partial charge in [0.25, 0.3) is 0 Å². The predicted molar refractivity (Wildman–Crippen MR) is 68.8 cm³/mol. The summed E-state index contributed by atoms with van der Waals surface area (Å²) in [6.07, 6.45) is 0.937. The molecule has 1 aromatic heterocycles. The minimum Gasteiger partial charge on any atom is -0.248 e. The maximum atomic E-state index is 4.58. The van der Waals surface area contributed by atoms with Gasteiger partial charge in [-0.1, -0.05) is 41.6 Å². The first-order valence-electron chi connectivity index (χ1n) is 4.95. The van der Waals surface area contributed by atoms with Gasteiger partial charge in [0.05, 0.1) is 11.2 Å². The van der Waals surface area contributed by atoms with Crippen molar-refractivity contribution in [1.29, 1.82) is 0 Å². The molecule has 2 aromatic rings. The van der Waals surface area contributed by atoms with Crippen LogP contribution < -0.4 is 0 Å². The zero-order valence-electron chi connectivity index (χ0n) is 8.63. The largest absolute Gasteiger partial charge is 0.248 e. The van der Waals surface area contributed by atoms with Crippen molar-refractivity contribution in [2.45, 2.75) is 13.3 Å². The molecule has 0 N–H and O–H groups in total. The summed E-state index contributed by atoms with van der Waals surface area (Å²) >= 11 is 3.45. The molecule has 2 heteroatoms. The molecule has 1 aromatic carbocycles. The van der Waals surface area contributed by atoms with E-state index in [1.165, 1.54) is 0 Å². The number of aromatic nitrogens is 1. The Morgan fingerprint density at radius 2 is 2.07 bits per heavy atom. The van der Waals surface area contributed by atoms with Crippen LogP contribution in [0.5, 0.6) is 0 Å². The standard InChI is InChI=1S/C13H12BrN/c1-3-9(2)12-7-5-10-4-6-11(14)8-13(10)15-12/h4-8H,2-3H2,1H3. The molecule has 0 atom stereocenters. The molecule has 2 rings (SSSR count). The lowest BCUT2D eigenvalue weighted by Gasteiger charge is -2.04. The smallest absolute Gasteiger partial charge is 0.0720 e. The Hall–Kier alpha value is -1.15. The van der Waals surface area contributed by atoms with Crippen molar-refractivity contribution in [3.8, 4) is 0 Å². The molecule has 1 nitrogen and oxygen atoms in total. The second-order valence-electron chi connectivity index (χ2n) is 3.49. The minimum absolute atomic E-state index is 0.937. The summed E-state index contributed by atoms with van der Waals surface area (Å²) in [5.74, 6) is 0. The van der Waals surface area contributed by atoms with Gasteiger partial charge in [-0.25, -0.2) is 4.98 Å². The number of rotatable bonds is 2. The summed E-state index contributed by atoms with van der Waals surface area (Å²) in [6, 6.07) is 10.2. The molecule has 0 aliphatic carbocycles. The Labute approximate surface area is 98.0 Å². The highest BCUT2D eigenvalue weighted by Crippen LogP contribution is 2.21. The summed E-state index contributed by atoms with van der Waals surface area (Å²) in [6.45, 7) is 6.09. The Balaban J connectivity index is 2.59. The fourth-order valence-electron chi connectivity index (χ4n) is 1.47. The fraction of sp³-hybridized carbons (Fsp3) is 0.154.